The second-order valence-electron chi connectivity index (χ2n) is 5.54. The summed E-state index contributed by atoms with van der Waals surface area (Å²) in [6.45, 7) is 2.00. The lowest BCUT2D eigenvalue weighted by atomic mass is 10.1. The Labute approximate surface area is 151 Å². The van der Waals surface area contributed by atoms with E-state index in [1.807, 2.05) is 43.3 Å². The fourth-order valence-corrected chi connectivity index (χ4v) is 2.48. The molecule has 1 heterocycles. The largest absolute Gasteiger partial charge is 0.493 e. The number of para-hydroxylation sites is 1. The van der Waals surface area contributed by atoms with E-state index in [-0.39, 0.29) is 11.5 Å². The number of rotatable bonds is 5. The van der Waals surface area contributed by atoms with E-state index in [0.29, 0.717) is 22.9 Å². The van der Waals surface area contributed by atoms with Gasteiger partial charge in [-0.3, -0.25) is 0 Å². The molecule has 0 saturated heterocycles. The summed E-state index contributed by atoms with van der Waals surface area (Å²) in [4.78, 5) is 4.33. The lowest BCUT2D eigenvalue weighted by Crippen LogP contribution is -1.93. The molecule has 0 atom stereocenters. The maximum Gasteiger partial charge on any atom is 0.268 e. The molecule has 0 aliphatic heterocycles. The summed E-state index contributed by atoms with van der Waals surface area (Å²) in [5, 5.41) is 13.5. The Morgan fingerprint density at radius 2 is 1.88 bits per heavy atom. The molecule has 0 unspecified atom stereocenters. The zero-order valence-corrected chi connectivity index (χ0v) is 14.7. The van der Waals surface area contributed by atoms with Gasteiger partial charge in [-0.15, -0.1) is 0 Å². The molecule has 0 amide bonds. The fourth-order valence-electron chi connectivity index (χ4n) is 2.48. The van der Waals surface area contributed by atoms with Gasteiger partial charge in [0.25, 0.3) is 5.89 Å². The van der Waals surface area contributed by atoms with E-state index >= 15 is 0 Å². The molecule has 0 fully saturated rings. The van der Waals surface area contributed by atoms with Crippen LogP contribution in [0.15, 0.2) is 47.0 Å². The molecule has 26 heavy (non-hydrogen) atoms. The van der Waals surface area contributed by atoms with Gasteiger partial charge in [-0.05, 0) is 19.1 Å². The van der Waals surface area contributed by atoms with E-state index in [9.17, 15) is 5.26 Å². The molecule has 0 bridgehead atoms. The van der Waals surface area contributed by atoms with Crippen LogP contribution in [0.1, 0.15) is 17.0 Å². The Kier molecular flexibility index (Phi) is 4.99. The molecule has 0 saturated carbocycles. The van der Waals surface area contributed by atoms with Gasteiger partial charge < -0.3 is 14.0 Å². The smallest absolute Gasteiger partial charge is 0.268 e. The van der Waals surface area contributed by atoms with Crippen molar-refractivity contribution in [2.75, 3.05) is 14.2 Å². The minimum Gasteiger partial charge on any atom is -0.493 e. The first-order chi connectivity index (χ1) is 12.7. The van der Waals surface area contributed by atoms with E-state index in [1.54, 1.807) is 26.4 Å². The summed E-state index contributed by atoms with van der Waals surface area (Å²) in [7, 11) is 3.10. The van der Waals surface area contributed by atoms with E-state index in [4.69, 9.17) is 14.0 Å². The number of hydrogen-bond donors (Lipinski definition) is 0. The Morgan fingerprint density at radius 1 is 1.12 bits per heavy atom. The quantitative estimate of drug-likeness (QED) is 0.646. The van der Waals surface area contributed by atoms with Crippen LogP contribution in [0, 0.1) is 18.3 Å². The van der Waals surface area contributed by atoms with Crippen LogP contribution in [0.25, 0.3) is 23.0 Å². The van der Waals surface area contributed by atoms with Gasteiger partial charge in [-0.2, -0.15) is 10.2 Å². The summed E-state index contributed by atoms with van der Waals surface area (Å²) in [6, 6.07) is 15.3. The van der Waals surface area contributed by atoms with E-state index in [0.717, 1.165) is 11.1 Å². The zero-order valence-electron chi connectivity index (χ0n) is 14.7. The normalized spacial score (nSPS) is 11.1. The zero-order chi connectivity index (χ0) is 18.5. The second-order valence-corrected chi connectivity index (χ2v) is 5.54. The summed E-state index contributed by atoms with van der Waals surface area (Å²) < 4.78 is 16.0. The highest BCUT2D eigenvalue weighted by Crippen LogP contribution is 2.33. The molecule has 1 aromatic heterocycles. The van der Waals surface area contributed by atoms with Gasteiger partial charge >= 0.3 is 0 Å². The van der Waals surface area contributed by atoms with Gasteiger partial charge in [-0.1, -0.05) is 47.1 Å². The Balaban J connectivity index is 1.99. The predicted octanol–water partition coefficient (Wildman–Crippen LogP) is 4.13. The third-order valence-electron chi connectivity index (χ3n) is 3.82. The number of nitrogens with zero attached hydrogens (tertiary/aromatic N) is 3. The van der Waals surface area contributed by atoms with Crippen molar-refractivity contribution in [3.05, 3.63) is 59.5 Å². The average Bonchev–Trinajstić information content (AvgIpc) is 3.16. The van der Waals surface area contributed by atoms with Crippen LogP contribution in [0.2, 0.25) is 0 Å². The van der Waals surface area contributed by atoms with Crippen molar-refractivity contribution in [1.82, 2.24) is 10.1 Å². The van der Waals surface area contributed by atoms with Crippen LogP contribution < -0.4 is 9.47 Å². The van der Waals surface area contributed by atoms with E-state index < -0.39 is 0 Å². The molecule has 0 spiro atoms. The SMILES string of the molecule is COc1cccc(/C=C(\C#N)c2nc(-c3ccc(C)cc3)no2)c1OC. The van der Waals surface area contributed by atoms with Gasteiger partial charge in [0.1, 0.15) is 11.6 Å². The lowest BCUT2D eigenvalue weighted by Gasteiger charge is -2.09. The first kappa shape index (κ1) is 17.2. The van der Waals surface area contributed by atoms with Crippen molar-refractivity contribution in [3.63, 3.8) is 0 Å². The first-order valence-corrected chi connectivity index (χ1v) is 7.90. The summed E-state index contributed by atoms with van der Waals surface area (Å²) in [5.74, 6) is 1.68. The van der Waals surface area contributed by atoms with Crippen LogP contribution in [0.5, 0.6) is 11.5 Å². The number of hydrogen-bond acceptors (Lipinski definition) is 6. The molecule has 3 aromatic rings. The number of aromatic nitrogens is 2. The number of aryl methyl sites for hydroxylation is 1. The van der Waals surface area contributed by atoms with Crippen LogP contribution in [0.3, 0.4) is 0 Å². The predicted molar refractivity (Wildman–Crippen MR) is 97.5 cm³/mol. The van der Waals surface area contributed by atoms with Crippen molar-refractivity contribution < 1.29 is 14.0 Å². The Morgan fingerprint density at radius 3 is 2.54 bits per heavy atom. The van der Waals surface area contributed by atoms with Gasteiger partial charge in [0, 0.05) is 11.1 Å². The molecule has 2 aromatic carbocycles. The monoisotopic (exact) mass is 347 g/mol. The van der Waals surface area contributed by atoms with Crippen LogP contribution >= 0.6 is 0 Å². The van der Waals surface area contributed by atoms with Crippen molar-refractivity contribution >= 4 is 11.6 Å². The molecule has 3 rings (SSSR count). The molecular weight excluding hydrogens is 330 g/mol. The highest BCUT2D eigenvalue weighted by atomic mass is 16.5. The summed E-state index contributed by atoms with van der Waals surface area (Å²) in [6.07, 6.45) is 1.63. The molecular formula is C20H17N3O3. The van der Waals surface area contributed by atoms with Crippen molar-refractivity contribution in [1.29, 1.82) is 5.26 Å². The molecule has 0 aliphatic carbocycles. The summed E-state index contributed by atoms with van der Waals surface area (Å²) in [5.41, 5.74) is 2.88. The molecule has 6 heteroatoms. The maximum absolute atomic E-state index is 9.53. The maximum atomic E-state index is 9.53. The minimum absolute atomic E-state index is 0.146. The third-order valence-corrected chi connectivity index (χ3v) is 3.82. The van der Waals surface area contributed by atoms with Crippen LogP contribution in [-0.2, 0) is 0 Å². The van der Waals surface area contributed by atoms with Gasteiger partial charge in [0.15, 0.2) is 11.5 Å². The number of allylic oxidation sites excluding steroid dienone is 1. The number of methoxy groups -OCH3 is 2. The van der Waals surface area contributed by atoms with E-state index in [2.05, 4.69) is 16.2 Å². The van der Waals surface area contributed by atoms with Gasteiger partial charge in [0.05, 0.1) is 14.2 Å². The number of nitriles is 1. The minimum atomic E-state index is 0.146. The van der Waals surface area contributed by atoms with Crippen molar-refractivity contribution in [2.45, 2.75) is 6.92 Å². The average molecular weight is 347 g/mol. The topological polar surface area (TPSA) is 81.2 Å². The van der Waals surface area contributed by atoms with Gasteiger partial charge in [-0.25, -0.2) is 0 Å². The summed E-state index contributed by atoms with van der Waals surface area (Å²) >= 11 is 0. The molecule has 0 radical (unpaired) electrons. The third kappa shape index (κ3) is 3.42. The molecule has 0 aliphatic rings. The first-order valence-electron chi connectivity index (χ1n) is 7.90. The second kappa shape index (κ2) is 7.53. The lowest BCUT2D eigenvalue weighted by molar-refractivity contribution is 0.354. The highest BCUT2D eigenvalue weighted by molar-refractivity contribution is 5.88. The standard InChI is InChI=1S/C20H17N3O3/c1-13-7-9-14(10-8-13)19-22-20(26-23-19)16(12-21)11-15-5-4-6-17(24-2)18(15)25-3/h4-11H,1-3H3/b16-11+. The fraction of sp³-hybridized carbons (Fsp3) is 0.150. The van der Waals surface area contributed by atoms with Gasteiger partial charge in [0.2, 0.25) is 5.82 Å². The molecule has 0 N–H and O–H groups in total. The Bertz CT molecular complexity index is 982. The Hall–Kier alpha value is -3.59. The van der Waals surface area contributed by atoms with Crippen molar-refractivity contribution in [3.8, 4) is 29.0 Å². The number of ether oxygens (including phenoxy) is 2. The van der Waals surface area contributed by atoms with Crippen molar-refractivity contribution in [2.24, 2.45) is 0 Å². The molecule has 130 valence electrons. The highest BCUT2D eigenvalue weighted by Gasteiger charge is 2.15. The van der Waals surface area contributed by atoms with E-state index in [1.165, 1.54) is 0 Å². The van der Waals surface area contributed by atoms with Crippen LogP contribution in [0.4, 0.5) is 0 Å². The molecule has 6 nitrogen and oxygen atoms in total. The number of benzene rings is 2. The van der Waals surface area contributed by atoms with Crippen LogP contribution in [-0.4, -0.2) is 24.4 Å².